The molecule has 0 nitrogen and oxygen atoms in total. The van der Waals surface area contributed by atoms with Crippen LogP contribution in [0.1, 0.15) is 41.5 Å². The van der Waals surface area contributed by atoms with Crippen molar-refractivity contribution in [3.8, 4) is 0 Å². The molecule has 0 saturated carbocycles. The van der Waals surface area contributed by atoms with Gasteiger partial charge in [-0.3, -0.25) is 0 Å². The van der Waals surface area contributed by atoms with Crippen LogP contribution in [0.25, 0.3) is 0 Å². The number of hydrogen-bond acceptors (Lipinski definition) is 0. The zero-order chi connectivity index (χ0) is 14.5. The first-order chi connectivity index (χ1) is 8.67. The monoisotopic (exact) mass is 272 g/mol. The summed E-state index contributed by atoms with van der Waals surface area (Å²) in [7, 11) is -1.40. The summed E-state index contributed by atoms with van der Waals surface area (Å²) in [6.45, 7) is 19.0. The molecule has 0 atom stereocenters. The summed E-state index contributed by atoms with van der Waals surface area (Å²) in [5, 5.41) is 0. The molecule has 0 aliphatic heterocycles. The lowest BCUT2D eigenvalue weighted by molar-refractivity contribution is 1.03. The first-order valence-corrected chi connectivity index (χ1v) is 10.6. The van der Waals surface area contributed by atoms with Gasteiger partial charge in [0.05, 0.1) is 8.07 Å². The van der Waals surface area contributed by atoms with E-state index in [2.05, 4.69) is 66.8 Å². The van der Waals surface area contributed by atoms with Gasteiger partial charge in [0.15, 0.2) is 0 Å². The molecule has 0 N–H and O–H groups in total. The van der Waals surface area contributed by atoms with Gasteiger partial charge in [0, 0.05) is 0 Å². The minimum Gasteiger partial charge on any atom is -0.0771 e. The van der Waals surface area contributed by atoms with Gasteiger partial charge in [-0.1, -0.05) is 47.5 Å². The average molecular weight is 273 g/mol. The Hall–Kier alpha value is -0.823. The van der Waals surface area contributed by atoms with Crippen LogP contribution >= 0.6 is 0 Å². The van der Waals surface area contributed by atoms with Crippen molar-refractivity contribution in [1.82, 2.24) is 0 Å². The zero-order valence-corrected chi connectivity index (χ0v) is 14.8. The molecule has 19 heavy (non-hydrogen) atoms. The minimum atomic E-state index is -1.40. The summed E-state index contributed by atoms with van der Waals surface area (Å²) in [6.07, 6.45) is 5.04. The number of rotatable bonds is 2. The molecule has 0 aromatic heterocycles. The quantitative estimate of drug-likeness (QED) is 0.539. The summed E-state index contributed by atoms with van der Waals surface area (Å²) in [5.41, 5.74) is 10.8. The van der Waals surface area contributed by atoms with Crippen molar-refractivity contribution >= 4 is 8.07 Å². The first-order valence-electron chi connectivity index (χ1n) is 7.40. The predicted molar refractivity (Wildman–Crippen MR) is 89.2 cm³/mol. The Balaban J connectivity index is 2.43. The van der Waals surface area contributed by atoms with Gasteiger partial charge in [0.1, 0.15) is 0 Å². The van der Waals surface area contributed by atoms with E-state index >= 15 is 0 Å². The summed E-state index contributed by atoms with van der Waals surface area (Å²) in [5.74, 6) is 0. The Morgan fingerprint density at radius 3 is 1.47 bits per heavy atom. The van der Waals surface area contributed by atoms with E-state index in [1.807, 2.05) is 0 Å². The summed E-state index contributed by atoms with van der Waals surface area (Å²) in [6, 6.07) is 0. The van der Waals surface area contributed by atoms with Gasteiger partial charge in [-0.25, -0.2) is 0 Å². The Morgan fingerprint density at radius 1 is 0.737 bits per heavy atom. The second-order valence-corrected chi connectivity index (χ2v) is 12.0. The molecular formula is C18H28Si. The summed E-state index contributed by atoms with van der Waals surface area (Å²) in [4.78, 5) is 0. The van der Waals surface area contributed by atoms with Crippen molar-refractivity contribution in [3.05, 3.63) is 45.6 Å². The van der Waals surface area contributed by atoms with Crippen LogP contribution in [0.2, 0.25) is 24.2 Å². The van der Waals surface area contributed by atoms with Crippen LogP contribution in [0.4, 0.5) is 0 Å². The van der Waals surface area contributed by atoms with Crippen LogP contribution in [0.3, 0.4) is 0 Å². The molecule has 0 amide bonds. The summed E-state index contributed by atoms with van der Waals surface area (Å²) < 4.78 is 0. The van der Waals surface area contributed by atoms with Crippen LogP contribution < -0.4 is 0 Å². The van der Waals surface area contributed by atoms with Crippen molar-refractivity contribution < 1.29 is 0 Å². The van der Waals surface area contributed by atoms with E-state index in [1.54, 1.807) is 22.3 Å². The van der Waals surface area contributed by atoms with Gasteiger partial charge in [0.2, 0.25) is 0 Å². The van der Waals surface area contributed by atoms with Gasteiger partial charge in [0.25, 0.3) is 0 Å². The van der Waals surface area contributed by atoms with E-state index in [0.717, 1.165) is 5.54 Å². The molecule has 0 aromatic rings. The second kappa shape index (κ2) is 4.62. The molecule has 0 heterocycles. The molecule has 0 bridgehead atoms. The maximum Gasteiger partial charge on any atom is 0.0706 e. The zero-order valence-electron chi connectivity index (χ0n) is 13.8. The van der Waals surface area contributed by atoms with Crippen molar-refractivity contribution in [3.63, 3.8) is 0 Å². The van der Waals surface area contributed by atoms with Gasteiger partial charge < -0.3 is 0 Å². The third-order valence-corrected chi connectivity index (χ3v) is 10.1. The molecule has 0 saturated heterocycles. The largest absolute Gasteiger partial charge is 0.0771 e. The molecular weight excluding hydrogens is 244 g/mol. The third kappa shape index (κ3) is 2.12. The molecule has 0 unspecified atom stereocenters. The van der Waals surface area contributed by atoms with Gasteiger partial charge in [-0.15, -0.1) is 0 Å². The fourth-order valence-electron chi connectivity index (χ4n) is 3.94. The number of allylic oxidation sites excluding steroid dienone is 8. The normalized spacial score (nSPS) is 22.5. The van der Waals surface area contributed by atoms with Gasteiger partial charge in [-0.05, 0) is 63.8 Å². The molecule has 1 heteroatoms. The highest BCUT2D eigenvalue weighted by Gasteiger charge is 2.43. The standard InChI is InChI=1S/C18H28Si/c1-11-9-17(10-12(11)2)19(7,8)18-15(5)13(3)14(4)16(18)6/h9-10,17-18H,1-8H3. The Morgan fingerprint density at radius 2 is 1.11 bits per heavy atom. The molecule has 104 valence electrons. The van der Waals surface area contributed by atoms with E-state index in [-0.39, 0.29) is 0 Å². The van der Waals surface area contributed by atoms with Crippen molar-refractivity contribution in [2.24, 2.45) is 0 Å². The molecule has 2 aliphatic carbocycles. The van der Waals surface area contributed by atoms with Gasteiger partial charge in [-0.2, -0.15) is 0 Å². The molecule has 2 rings (SSSR count). The maximum absolute atomic E-state index is 2.57. The Labute approximate surface area is 120 Å². The maximum atomic E-state index is 2.57. The topological polar surface area (TPSA) is 0 Å². The van der Waals surface area contributed by atoms with Crippen molar-refractivity contribution in [1.29, 1.82) is 0 Å². The smallest absolute Gasteiger partial charge is 0.0706 e. The third-order valence-electron chi connectivity index (χ3n) is 5.70. The Bertz CT molecular complexity index is 496. The lowest BCUT2D eigenvalue weighted by Gasteiger charge is -2.36. The fraction of sp³-hybridized carbons (Fsp3) is 0.556. The van der Waals surface area contributed by atoms with E-state index in [4.69, 9.17) is 0 Å². The fourth-order valence-corrected chi connectivity index (χ4v) is 8.35. The SMILES string of the molecule is CC1=CC([Si](C)(C)C2C(C)=C(C)C(C)=C2C)C=C1C. The second-order valence-electron chi connectivity index (χ2n) is 7.10. The van der Waals surface area contributed by atoms with Crippen LogP contribution in [0, 0.1) is 0 Å². The molecule has 2 aliphatic rings. The van der Waals surface area contributed by atoms with Crippen LogP contribution in [0.15, 0.2) is 45.6 Å². The van der Waals surface area contributed by atoms with Crippen LogP contribution in [-0.2, 0) is 0 Å². The van der Waals surface area contributed by atoms with Crippen LogP contribution in [-0.4, -0.2) is 8.07 Å². The lowest BCUT2D eigenvalue weighted by Crippen LogP contribution is -2.37. The summed E-state index contributed by atoms with van der Waals surface area (Å²) >= 11 is 0. The van der Waals surface area contributed by atoms with Gasteiger partial charge >= 0.3 is 0 Å². The molecule has 0 fully saturated rings. The number of hydrogen-bond donors (Lipinski definition) is 0. The molecule has 0 aromatic carbocycles. The van der Waals surface area contributed by atoms with E-state index in [1.165, 1.54) is 11.1 Å². The van der Waals surface area contributed by atoms with Crippen molar-refractivity contribution in [2.75, 3.05) is 0 Å². The Kier molecular flexibility index (Phi) is 3.55. The predicted octanol–water partition coefficient (Wildman–Crippen LogP) is 6.03. The van der Waals surface area contributed by atoms with E-state index < -0.39 is 8.07 Å². The minimum absolute atomic E-state index is 0.695. The lowest BCUT2D eigenvalue weighted by atomic mass is 10.1. The molecule has 0 radical (unpaired) electrons. The highest BCUT2D eigenvalue weighted by atomic mass is 28.3. The van der Waals surface area contributed by atoms with E-state index in [9.17, 15) is 0 Å². The van der Waals surface area contributed by atoms with Crippen LogP contribution in [0.5, 0.6) is 0 Å². The highest BCUT2D eigenvalue weighted by molar-refractivity contribution is 6.82. The average Bonchev–Trinajstić information content (AvgIpc) is 2.75. The molecule has 0 spiro atoms. The first kappa shape index (κ1) is 14.6. The van der Waals surface area contributed by atoms with Crippen molar-refractivity contribution in [2.45, 2.75) is 65.7 Å². The highest BCUT2D eigenvalue weighted by Crippen LogP contribution is 2.52. The van der Waals surface area contributed by atoms with E-state index in [0.29, 0.717) is 5.54 Å².